The van der Waals surface area contributed by atoms with Crippen LogP contribution in [0.3, 0.4) is 0 Å². The zero-order valence-electron chi connectivity index (χ0n) is 10.6. The minimum Gasteiger partial charge on any atom is -0.378 e. The van der Waals surface area contributed by atoms with Crippen molar-refractivity contribution in [2.45, 2.75) is 51.2 Å². The van der Waals surface area contributed by atoms with E-state index >= 15 is 0 Å². The number of nitrogens with zero attached hydrogens (tertiary/aromatic N) is 3. The van der Waals surface area contributed by atoms with Crippen LogP contribution in [-0.4, -0.2) is 39.9 Å². The average Bonchev–Trinajstić information content (AvgIpc) is 2.97. The number of fused-ring (bicyclic) bond motifs is 1. The second-order valence-electron chi connectivity index (χ2n) is 5.22. The molecule has 0 saturated carbocycles. The summed E-state index contributed by atoms with van der Waals surface area (Å²) in [4.78, 5) is 2.66. The molecule has 1 N–H and O–H groups in total. The highest BCUT2D eigenvalue weighted by atomic mass is 15.3. The summed E-state index contributed by atoms with van der Waals surface area (Å²) < 4.78 is 1.98. The Balaban J connectivity index is 1.65. The Morgan fingerprint density at radius 2 is 2.29 bits per heavy atom. The van der Waals surface area contributed by atoms with Crippen molar-refractivity contribution >= 4 is 5.69 Å². The highest BCUT2D eigenvalue weighted by molar-refractivity contribution is 5.40. The third-order valence-corrected chi connectivity index (χ3v) is 4.17. The van der Waals surface area contributed by atoms with E-state index in [1.54, 1.807) is 0 Å². The van der Waals surface area contributed by atoms with Crippen LogP contribution in [-0.2, 0) is 6.54 Å². The maximum absolute atomic E-state index is 4.32. The lowest BCUT2D eigenvalue weighted by atomic mass is 9.99. The number of aromatic nitrogens is 2. The Morgan fingerprint density at radius 1 is 1.35 bits per heavy atom. The van der Waals surface area contributed by atoms with Gasteiger partial charge in [0.2, 0.25) is 0 Å². The molecule has 94 valence electrons. The molecule has 0 spiro atoms. The lowest BCUT2D eigenvalue weighted by molar-refractivity contribution is 0.193. The largest absolute Gasteiger partial charge is 0.378 e. The molecule has 0 radical (unpaired) electrons. The predicted molar refractivity (Wildman–Crippen MR) is 69.1 cm³/mol. The monoisotopic (exact) mass is 234 g/mol. The fourth-order valence-electron chi connectivity index (χ4n) is 3.24. The van der Waals surface area contributed by atoms with Crippen LogP contribution < -0.4 is 5.32 Å². The number of aryl methyl sites for hydroxylation is 1. The standard InChI is InChI=1S/C13H22N4/c1-2-17-10-11(9-14-17)15-12-6-8-16-7-4-3-5-13(12)16/h9-10,12-13,15H,2-8H2,1H3. The molecule has 1 aromatic heterocycles. The van der Waals surface area contributed by atoms with Crippen molar-refractivity contribution in [2.24, 2.45) is 0 Å². The summed E-state index contributed by atoms with van der Waals surface area (Å²) in [5.74, 6) is 0. The summed E-state index contributed by atoms with van der Waals surface area (Å²) >= 11 is 0. The van der Waals surface area contributed by atoms with Gasteiger partial charge in [-0.3, -0.25) is 9.58 Å². The fraction of sp³-hybridized carbons (Fsp3) is 0.769. The third kappa shape index (κ3) is 2.18. The molecule has 2 atom stereocenters. The van der Waals surface area contributed by atoms with Gasteiger partial charge in [-0.2, -0.15) is 5.10 Å². The lowest BCUT2D eigenvalue weighted by Crippen LogP contribution is -2.41. The van der Waals surface area contributed by atoms with Gasteiger partial charge in [-0.05, 0) is 32.7 Å². The van der Waals surface area contributed by atoms with E-state index in [1.807, 2.05) is 10.9 Å². The first-order valence-electron chi connectivity index (χ1n) is 6.90. The van der Waals surface area contributed by atoms with Crippen molar-refractivity contribution in [3.05, 3.63) is 12.4 Å². The van der Waals surface area contributed by atoms with Gasteiger partial charge in [0.25, 0.3) is 0 Å². The van der Waals surface area contributed by atoms with E-state index in [0.29, 0.717) is 6.04 Å². The number of anilines is 1. The van der Waals surface area contributed by atoms with Crippen molar-refractivity contribution in [1.29, 1.82) is 0 Å². The molecule has 0 amide bonds. The molecule has 1 aromatic rings. The molecule has 2 saturated heterocycles. The maximum atomic E-state index is 4.32. The van der Waals surface area contributed by atoms with Crippen LogP contribution in [0.1, 0.15) is 32.6 Å². The van der Waals surface area contributed by atoms with E-state index in [1.165, 1.54) is 44.5 Å². The molecule has 17 heavy (non-hydrogen) atoms. The lowest BCUT2D eigenvalue weighted by Gasteiger charge is -2.32. The average molecular weight is 234 g/mol. The number of nitrogens with one attached hydrogen (secondary N) is 1. The number of hydrogen-bond acceptors (Lipinski definition) is 3. The Labute approximate surface area is 103 Å². The van der Waals surface area contributed by atoms with Gasteiger partial charge in [0, 0.05) is 31.4 Å². The minimum atomic E-state index is 0.629. The van der Waals surface area contributed by atoms with Gasteiger partial charge in [-0.15, -0.1) is 0 Å². The zero-order chi connectivity index (χ0) is 11.7. The van der Waals surface area contributed by atoms with Gasteiger partial charge in [0.1, 0.15) is 0 Å². The molecule has 0 aliphatic carbocycles. The molecule has 3 rings (SSSR count). The Morgan fingerprint density at radius 3 is 3.12 bits per heavy atom. The van der Waals surface area contributed by atoms with Crippen molar-refractivity contribution in [2.75, 3.05) is 18.4 Å². The molecule has 2 unspecified atom stereocenters. The Kier molecular flexibility index (Phi) is 3.05. The van der Waals surface area contributed by atoms with Crippen molar-refractivity contribution < 1.29 is 0 Å². The van der Waals surface area contributed by atoms with E-state index in [4.69, 9.17) is 0 Å². The molecule has 2 fully saturated rings. The third-order valence-electron chi connectivity index (χ3n) is 4.17. The molecule has 4 nitrogen and oxygen atoms in total. The molecule has 3 heterocycles. The quantitative estimate of drug-likeness (QED) is 0.867. The van der Waals surface area contributed by atoms with Gasteiger partial charge < -0.3 is 5.32 Å². The Bertz CT molecular complexity index is 373. The van der Waals surface area contributed by atoms with Crippen LogP contribution >= 0.6 is 0 Å². The summed E-state index contributed by atoms with van der Waals surface area (Å²) in [5, 5.41) is 7.99. The Hall–Kier alpha value is -1.03. The predicted octanol–water partition coefficient (Wildman–Crippen LogP) is 1.94. The summed E-state index contributed by atoms with van der Waals surface area (Å²) in [7, 11) is 0. The highest BCUT2D eigenvalue weighted by Gasteiger charge is 2.35. The number of rotatable bonds is 3. The first kappa shape index (κ1) is 11.1. The number of piperidine rings is 1. The normalized spacial score (nSPS) is 29.2. The van der Waals surface area contributed by atoms with Gasteiger partial charge in [0.15, 0.2) is 0 Å². The molecule has 4 heteroatoms. The smallest absolute Gasteiger partial charge is 0.0729 e. The molecule has 2 aliphatic rings. The molecule has 0 aromatic carbocycles. The molecule has 0 bridgehead atoms. The van der Waals surface area contributed by atoms with Gasteiger partial charge in [-0.1, -0.05) is 6.42 Å². The van der Waals surface area contributed by atoms with E-state index < -0.39 is 0 Å². The molecule has 2 aliphatic heterocycles. The van der Waals surface area contributed by atoms with Crippen LogP contribution in [0, 0.1) is 0 Å². The molecular weight excluding hydrogens is 212 g/mol. The zero-order valence-corrected chi connectivity index (χ0v) is 10.6. The van der Waals surface area contributed by atoms with Crippen molar-refractivity contribution in [3.8, 4) is 0 Å². The van der Waals surface area contributed by atoms with Crippen molar-refractivity contribution in [3.63, 3.8) is 0 Å². The molecular formula is C13H22N4. The maximum Gasteiger partial charge on any atom is 0.0729 e. The second kappa shape index (κ2) is 4.69. The fourth-order valence-corrected chi connectivity index (χ4v) is 3.24. The van der Waals surface area contributed by atoms with Crippen LogP contribution in [0.2, 0.25) is 0 Å². The SMILES string of the molecule is CCn1cc(NC2CCN3CCCCC23)cn1. The first-order chi connectivity index (χ1) is 8.36. The van der Waals surface area contributed by atoms with E-state index in [9.17, 15) is 0 Å². The number of hydrogen-bond donors (Lipinski definition) is 1. The summed E-state index contributed by atoms with van der Waals surface area (Å²) in [6.07, 6.45) is 9.49. The second-order valence-corrected chi connectivity index (χ2v) is 5.22. The van der Waals surface area contributed by atoms with Crippen LogP contribution in [0.5, 0.6) is 0 Å². The van der Waals surface area contributed by atoms with E-state index in [2.05, 4.69) is 28.4 Å². The van der Waals surface area contributed by atoms with E-state index in [0.717, 1.165) is 12.6 Å². The van der Waals surface area contributed by atoms with Crippen LogP contribution in [0.15, 0.2) is 12.4 Å². The van der Waals surface area contributed by atoms with Gasteiger partial charge in [-0.25, -0.2) is 0 Å². The first-order valence-corrected chi connectivity index (χ1v) is 6.90. The van der Waals surface area contributed by atoms with Crippen molar-refractivity contribution in [1.82, 2.24) is 14.7 Å². The van der Waals surface area contributed by atoms with Gasteiger partial charge >= 0.3 is 0 Å². The van der Waals surface area contributed by atoms with E-state index in [-0.39, 0.29) is 0 Å². The highest BCUT2D eigenvalue weighted by Crippen LogP contribution is 2.29. The van der Waals surface area contributed by atoms with Gasteiger partial charge in [0.05, 0.1) is 11.9 Å². The summed E-state index contributed by atoms with van der Waals surface area (Å²) in [5.41, 5.74) is 1.18. The minimum absolute atomic E-state index is 0.629. The summed E-state index contributed by atoms with van der Waals surface area (Å²) in [6, 6.07) is 1.39. The summed E-state index contributed by atoms with van der Waals surface area (Å²) in [6.45, 7) is 5.64. The topological polar surface area (TPSA) is 33.1 Å². The van der Waals surface area contributed by atoms with Crippen LogP contribution in [0.25, 0.3) is 0 Å². The van der Waals surface area contributed by atoms with Crippen LogP contribution in [0.4, 0.5) is 5.69 Å².